The van der Waals surface area contributed by atoms with E-state index in [1.54, 1.807) is 0 Å². The largest absolute Gasteiger partial charge is 0.310 e. The van der Waals surface area contributed by atoms with Crippen molar-refractivity contribution < 1.29 is 0 Å². The lowest BCUT2D eigenvalue weighted by atomic mass is 9.33. The van der Waals surface area contributed by atoms with Crippen molar-refractivity contribution in [3.8, 4) is 33.6 Å². The highest BCUT2D eigenvalue weighted by Gasteiger charge is 2.39. The fraction of sp³-hybridized carbons (Fsp3) is 0. The second-order valence-electron chi connectivity index (χ2n) is 16.0. The van der Waals surface area contributed by atoms with Gasteiger partial charge in [-0.1, -0.05) is 181 Å². The van der Waals surface area contributed by atoms with Crippen LogP contribution in [0.25, 0.3) is 77.2 Å². The predicted molar refractivity (Wildman–Crippen MR) is 248 cm³/mol. The smallest absolute Gasteiger partial charge is 0.246 e. The standard InChI is InChI=1S/C54H34B2N2/c1-5-15-35(16-6-1)37-27-29-49-43(31-37)41-23-13-25-45-53(41)57(49)51-33-48-52(34-47(51)55(45)39-19-9-3-10-20-39)58-50-30-28-38(36-17-7-2-8-18-36)32-44(50)42-24-14-26-46(54(42)58)56(48)40-21-11-4-12-22-40/h1-34H. The molecule has 2 nitrogen and oxygen atoms in total. The average molecular weight is 733 g/mol. The summed E-state index contributed by atoms with van der Waals surface area (Å²) in [4.78, 5) is 0. The average Bonchev–Trinajstić information content (AvgIpc) is 3.81. The van der Waals surface area contributed by atoms with E-state index < -0.39 is 0 Å². The minimum absolute atomic E-state index is 0.0601. The highest BCUT2D eigenvalue weighted by Crippen LogP contribution is 2.39. The summed E-state index contributed by atoms with van der Waals surface area (Å²) in [6.07, 6.45) is 0. The zero-order valence-electron chi connectivity index (χ0n) is 31.7. The maximum atomic E-state index is 2.59. The summed E-state index contributed by atoms with van der Waals surface area (Å²) < 4.78 is 5.17. The molecule has 0 N–H and O–H groups in total. The molecular weight excluding hydrogens is 698 g/mol. The van der Waals surface area contributed by atoms with Crippen LogP contribution in [0.2, 0.25) is 0 Å². The van der Waals surface area contributed by atoms with Gasteiger partial charge in [-0.05, 0) is 80.5 Å². The van der Waals surface area contributed by atoms with Crippen LogP contribution in [-0.2, 0) is 0 Å². The quantitative estimate of drug-likeness (QED) is 0.160. The second-order valence-corrected chi connectivity index (χ2v) is 16.0. The molecule has 0 saturated heterocycles. The Labute approximate surface area is 337 Å². The molecule has 0 radical (unpaired) electrons. The Morgan fingerprint density at radius 3 is 1.09 bits per heavy atom. The summed E-state index contributed by atoms with van der Waals surface area (Å²) in [5.41, 5.74) is 20.5. The first kappa shape index (κ1) is 31.9. The molecule has 11 aromatic rings. The van der Waals surface area contributed by atoms with Crippen LogP contribution in [0.4, 0.5) is 0 Å². The van der Waals surface area contributed by atoms with E-state index in [9.17, 15) is 0 Å². The predicted octanol–water partition coefficient (Wildman–Crippen LogP) is 8.87. The lowest BCUT2D eigenvalue weighted by molar-refractivity contribution is 1.16. The maximum absolute atomic E-state index is 2.59. The molecule has 0 bridgehead atoms. The Morgan fingerprint density at radius 1 is 0.276 bits per heavy atom. The lowest BCUT2D eigenvalue weighted by Crippen LogP contribution is -2.59. The Kier molecular flexibility index (Phi) is 6.65. The van der Waals surface area contributed by atoms with Gasteiger partial charge in [0.15, 0.2) is 0 Å². The second kappa shape index (κ2) is 12.1. The lowest BCUT2D eigenvalue weighted by Gasteiger charge is -2.33. The number of hydrogen-bond donors (Lipinski definition) is 0. The van der Waals surface area contributed by atoms with Crippen LogP contribution in [0.5, 0.6) is 0 Å². The van der Waals surface area contributed by atoms with Crippen molar-refractivity contribution >= 4 is 89.8 Å². The van der Waals surface area contributed by atoms with Crippen LogP contribution in [0.1, 0.15) is 0 Å². The third-order valence-corrected chi connectivity index (χ3v) is 13.0. The van der Waals surface area contributed by atoms with E-state index in [2.05, 4.69) is 215 Å². The molecule has 9 aromatic carbocycles. The molecule has 4 heteroatoms. The third kappa shape index (κ3) is 4.40. The molecule has 266 valence electrons. The fourth-order valence-electron chi connectivity index (χ4n) is 10.6. The van der Waals surface area contributed by atoms with Gasteiger partial charge in [-0.15, -0.1) is 0 Å². The van der Waals surface area contributed by atoms with Crippen molar-refractivity contribution in [1.29, 1.82) is 0 Å². The molecule has 4 heterocycles. The summed E-state index contributed by atoms with van der Waals surface area (Å²) in [6.45, 7) is 0.120. The summed E-state index contributed by atoms with van der Waals surface area (Å²) in [5.74, 6) is 0. The van der Waals surface area contributed by atoms with Crippen LogP contribution in [-0.4, -0.2) is 22.6 Å². The van der Waals surface area contributed by atoms with E-state index in [0.717, 1.165) is 0 Å². The van der Waals surface area contributed by atoms with Gasteiger partial charge in [-0.3, -0.25) is 0 Å². The van der Waals surface area contributed by atoms with Gasteiger partial charge < -0.3 is 9.13 Å². The molecule has 0 fully saturated rings. The molecule has 58 heavy (non-hydrogen) atoms. The summed E-state index contributed by atoms with van der Waals surface area (Å²) in [6, 6.07) is 77.0. The van der Waals surface area contributed by atoms with Crippen molar-refractivity contribution in [3.05, 3.63) is 206 Å². The zero-order valence-corrected chi connectivity index (χ0v) is 31.7. The van der Waals surface area contributed by atoms with Crippen molar-refractivity contribution in [1.82, 2.24) is 9.13 Å². The van der Waals surface area contributed by atoms with Crippen molar-refractivity contribution in [2.75, 3.05) is 0 Å². The molecule has 0 unspecified atom stereocenters. The van der Waals surface area contributed by atoms with E-state index >= 15 is 0 Å². The molecule has 2 aliphatic rings. The number of fused-ring (bicyclic) bond motifs is 10. The van der Waals surface area contributed by atoms with Crippen molar-refractivity contribution in [2.24, 2.45) is 0 Å². The van der Waals surface area contributed by atoms with E-state index in [1.807, 2.05) is 0 Å². The van der Waals surface area contributed by atoms with E-state index in [4.69, 9.17) is 0 Å². The van der Waals surface area contributed by atoms with Crippen molar-refractivity contribution in [2.45, 2.75) is 0 Å². The first-order valence-electron chi connectivity index (χ1n) is 20.3. The molecule has 0 aliphatic carbocycles. The number of hydrogen-bond acceptors (Lipinski definition) is 0. The normalized spacial score (nSPS) is 12.8. The Bertz CT molecular complexity index is 3210. The summed E-state index contributed by atoms with van der Waals surface area (Å²) in [5, 5.41) is 5.17. The number of nitrogens with zero attached hydrogens (tertiary/aromatic N) is 2. The van der Waals surface area contributed by atoms with Crippen LogP contribution in [0, 0.1) is 0 Å². The van der Waals surface area contributed by atoms with Gasteiger partial charge in [-0.25, -0.2) is 0 Å². The minimum Gasteiger partial charge on any atom is -0.310 e. The Hall–Kier alpha value is -7.29. The molecule has 13 rings (SSSR count). The van der Waals surface area contributed by atoms with E-state index in [-0.39, 0.29) is 13.4 Å². The van der Waals surface area contributed by atoms with Gasteiger partial charge >= 0.3 is 0 Å². The molecule has 0 spiro atoms. The first-order valence-corrected chi connectivity index (χ1v) is 20.3. The molecule has 0 saturated carbocycles. The number of para-hydroxylation sites is 2. The highest BCUT2D eigenvalue weighted by atomic mass is 15.0. The summed E-state index contributed by atoms with van der Waals surface area (Å²) >= 11 is 0. The Morgan fingerprint density at radius 2 is 0.672 bits per heavy atom. The fourth-order valence-corrected chi connectivity index (χ4v) is 10.6. The van der Waals surface area contributed by atoms with Crippen LogP contribution in [0.15, 0.2) is 206 Å². The first-order chi connectivity index (χ1) is 28.8. The Balaban J connectivity index is 1.16. The van der Waals surface area contributed by atoms with Crippen LogP contribution < -0.4 is 32.8 Å². The molecule has 2 aliphatic heterocycles. The van der Waals surface area contributed by atoms with Gasteiger partial charge in [0.2, 0.25) is 13.4 Å². The number of rotatable bonds is 4. The maximum Gasteiger partial charge on any atom is 0.246 e. The van der Waals surface area contributed by atoms with Gasteiger partial charge in [0.05, 0.1) is 11.0 Å². The van der Waals surface area contributed by atoms with Crippen LogP contribution in [0.3, 0.4) is 0 Å². The van der Waals surface area contributed by atoms with Gasteiger partial charge in [-0.2, -0.15) is 0 Å². The minimum atomic E-state index is 0.0601. The van der Waals surface area contributed by atoms with Crippen LogP contribution >= 0.6 is 0 Å². The highest BCUT2D eigenvalue weighted by molar-refractivity contribution is 7.00. The molecule has 2 aromatic heterocycles. The van der Waals surface area contributed by atoms with E-state index in [0.29, 0.717) is 0 Å². The molecule has 0 amide bonds. The topological polar surface area (TPSA) is 9.86 Å². The van der Waals surface area contributed by atoms with Gasteiger partial charge in [0.25, 0.3) is 0 Å². The van der Waals surface area contributed by atoms with Gasteiger partial charge in [0.1, 0.15) is 0 Å². The van der Waals surface area contributed by atoms with Crippen molar-refractivity contribution in [3.63, 3.8) is 0 Å². The van der Waals surface area contributed by atoms with E-state index in [1.165, 1.54) is 110 Å². The molecule has 0 atom stereocenters. The monoisotopic (exact) mass is 732 g/mol. The number of aromatic nitrogens is 2. The van der Waals surface area contributed by atoms with Gasteiger partial charge in [0, 0.05) is 44.0 Å². The number of benzene rings is 9. The summed E-state index contributed by atoms with van der Waals surface area (Å²) in [7, 11) is 0. The molecular formula is C54H34B2N2. The third-order valence-electron chi connectivity index (χ3n) is 13.0. The zero-order chi connectivity index (χ0) is 37.9. The SMILES string of the molecule is c1ccc(B2c3cc4c(cc3-n3c5ccc(-c6ccccc6)cc5c5cccc2c53)B(c2ccccc2)c2cccc3c5cc(-c6ccccc6)ccc5n-4c23)cc1.